The van der Waals surface area contributed by atoms with Crippen LogP contribution in [0.3, 0.4) is 0 Å². The molecule has 0 saturated heterocycles. The Labute approximate surface area is 237 Å². The van der Waals surface area contributed by atoms with Gasteiger partial charge in [0.1, 0.15) is 16.5 Å². The van der Waals surface area contributed by atoms with Gasteiger partial charge in [0.2, 0.25) is 5.91 Å². The second-order valence-corrected chi connectivity index (χ2v) is 10.8. The molecular formula is C25H18BrCl2N3O6S. The Morgan fingerprint density at radius 2 is 1.63 bits per heavy atom. The summed E-state index contributed by atoms with van der Waals surface area (Å²) >= 11 is 15.2. The molecule has 0 heterocycles. The van der Waals surface area contributed by atoms with Gasteiger partial charge >= 0.3 is 10.1 Å². The molecule has 0 aliphatic heterocycles. The van der Waals surface area contributed by atoms with Crippen LogP contribution in [0, 0.1) is 11.3 Å². The average molecular weight is 639 g/mol. The molecule has 196 valence electrons. The number of methoxy groups -OCH3 is 1. The van der Waals surface area contributed by atoms with Gasteiger partial charge in [-0.1, -0.05) is 23.2 Å². The van der Waals surface area contributed by atoms with E-state index in [1.54, 1.807) is 0 Å². The Morgan fingerprint density at radius 3 is 2.18 bits per heavy atom. The van der Waals surface area contributed by atoms with Crippen LogP contribution in [0.15, 0.2) is 69.5 Å². The first-order valence-electron chi connectivity index (χ1n) is 10.5. The molecule has 0 unspecified atom stereocenters. The van der Waals surface area contributed by atoms with Gasteiger partial charge in [0.15, 0.2) is 11.5 Å². The molecule has 0 atom stereocenters. The van der Waals surface area contributed by atoms with E-state index in [1.807, 2.05) is 6.07 Å². The topological polar surface area (TPSA) is 135 Å². The summed E-state index contributed by atoms with van der Waals surface area (Å²) in [6.07, 6.45) is 1.29. The van der Waals surface area contributed by atoms with Gasteiger partial charge in [0, 0.05) is 28.3 Å². The van der Waals surface area contributed by atoms with Crippen molar-refractivity contribution in [3.05, 3.63) is 80.3 Å². The molecule has 0 bridgehead atoms. The highest BCUT2D eigenvalue weighted by Crippen LogP contribution is 2.39. The normalized spacial score (nSPS) is 11.3. The van der Waals surface area contributed by atoms with E-state index in [4.69, 9.17) is 32.1 Å². The summed E-state index contributed by atoms with van der Waals surface area (Å²) in [5.41, 5.74) is 0.804. The number of anilines is 2. The molecule has 3 rings (SSSR count). The van der Waals surface area contributed by atoms with Crippen LogP contribution in [0.1, 0.15) is 12.5 Å². The predicted molar refractivity (Wildman–Crippen MR) is 148 cm³/mol. The number of hydrogen-bond acceptors (Lipinski definition) is 7. The molecule has 0 spiro atoms. The van der Waals surface area contributed by atoms with E-state index < -0.39 is 16.0 Å². The first kappa shape index (κ1) is 29.0. The number of ether oxygens (including phenoxy) is 1. The minimum absolute atomic E-state index is 0.0170. The van der Waals surface area contributed by atoms with E-state index in [-0.39, 0.29) is 32.3 Å². The number of carbonyl (C=O) groups excluding carboxylic acids is 2. The monoisotopic (exact) mass is 637 g/mol. The van der Waals surface area contributed by atoms with Crippen LogP contribution in [0.4, 0.5) is 11.4 Å². The van der Waals surface area contributed by atoms with Crippen molar-refractivity contribution in [1.29, 1.82) is 5.26 Å². The maximum Gasteiger partial charge on any atom is 0.339 e. The van der Waals surface area contributed by atoms with Crippen LogP contribution in [0.5, 0.6) is 11.5 Å². The molecule has 3 aromatic rings. The molecule has 0 aliphatic rings. The van der Waals surface area contributed by atoms with Crippen molar-refractivity contribution in [2.45, 2.75) is 11.8 Å². The van der Waals surface area contributed by atoms with Gasteiger partial charge in [-0.15, -0.1) is 0 Å². The second-order valence-electron chi connectivity index (χ2n) is 7.56. The zero-order valence-electron chi connectivity index (χ0n) is 19.7. The summed E-state index contributed by atoms with van der Waals surface area (Å²) in [5.74, 6) is -1.15. The van der Waals surface area contributed by atoms with E-state index in [0.717, 1.165) is 0 Å². The summed E-state index contributed by atoms with van der Waals surface area (Å²) in [7, 11) is -2.98. The molecule has 0 aliphatic carbocycles. The lowest BCUT2D eigenvalue weighted by Crippen LogP contribution is -2.13. The summed E-state index contributed by atoms with van der Waals surface area (Å²) in [5, 5.41) is 15.2. The number of carbonyl (C=O) groups is 2. The largest absolute Gasteiger partial charge is 0.493 e. The van der Waals surface area contributed by atoms with Crippen LogP contribution in [-0.4, -0.2) is 27.3 Å². The average Bonchev–Trinajstić information content (AvgIpc) is 2.83. The molecule has 13 heteroatoms. The minimum Gasteiger partial charge on any atom is -0.493 e. The summed E-state index contributed by atoms with van der Waals surface area (Å²) in [6.45, 7) is 1.33. The van der Waals surface area contributed by atoms with Crippen LogP contribution in [-0.2, 0) is 19.7 Å². The molecule has 0 saturated carbocycles. The third-order valence-electron chi connectivity index (χ3n) is 4.70. The molecule has 0 radical (unpaired) electrons. The fourth-order valence-electron chi connectivity index (χ4n) is 3.11. The Morgan fingerprint density at radius 1 is 1.00 bits per heavy atom. The number of rotatable bonds is 8. The third kappa shape index (κ3) is 7.49. The van der Waals surface area contributed by atoms with Crippen molar-refractivity contribution in [2.75, 3.05) is 17.7 Å². The van der Waals surface area contributed by atoms with Crippen LogP contribution >= 0.6 is 39.1 Å². The van der Waals surface area contributed by atoms with Gasteiger partial charge in [0.25, 0.3) is 5.91 Å². The quantitative estimate of drug-likeness (QED) is 0.175. The number of halogens is 3. The summed E-state index contributed by atoms with van der Waals surface area (Å²) in [4.78, 5) is 23.7. The van der Waals surface area contributed by atoms with E-state index in [0.29, 0.717) is 27.0 Å². The zero-order valence-corrected chi connectivity index (χ0v) is 23.6. The maximum absolute atomic E-state index is 12.9. The zero-order chi connectivity index (χ0) is 28.0. The van der Waals surface area contributed by atoms with E-state index in [1.165, 1.54) is 74.7 Å². The lowest BCUT2D eigenvalue weighted by Gasteiger charge is -2.14. The molecule has 9 nitrogen and oxygen atoms in total. The van der Waals surface area contributed by atoms with Crippen molar-refractivity contribution < 1.29 is 26.9 Å². The van der Waals surface area contributed by atoms with Gasteiger partial charge in [0.05, 0.1) is 11.6 Å². The van der Waals surface area contributed by atoms with Crippen LogP contribution < -0.4 is 19.6 Å². The van der Waals surface area contributed by atoms with Crippen molar-refractivity contribution in [1.82, 2.24) is 0 Å². The van der Waals surface area contributed by atoms with Gasteiger partial charge in [-0.2, -0.15) is 13.7 Å². The van der Waals surface area contributed by atoms with Crippen molar-refractivity contribution >= 4 is 78.5 Å². The molecule has 0 aromatic heterocycles. The Balaban J connectivity index is 1.88. The smallest absolute Gasteiger partial charge is 0.339 e. The predicted octanol–water partition coefficient (Wildman–Crippen LogP) is 6.04. The number of benzene rings is 3. The first-order chi connectivity index (χ1) is 17.9. The number of amides is 2. The fraction of sp³-hybridized carbons (Fsp3) is 0.0800. The van der Waals surface area contributed by atoms with E-state index in [9.17, 15) is 23.3 Å². The van der Waals surface area contributed by atoms with Gasteiger partial charge in [-0.25, -0.2) is 0 Å². The highest BCUT2D eigenvalue weighted by Gasteiger charge is 2.22. The standard InChI is InChI=1S/C25H18BrCl2N3O6S/c1-14(32)30-19-3-5-21(6-4-19)38(34,35)37-24-22(26)8-15(9-23(24)36-2)7-16(13-29)25(33)31-20-11-17(27)10-18(28)12-20/h3-12H,1-2H3,(H,30,32)(H,31,33)/b16-7+. The first-order valence-corrected chi connectivity index (χ1v) is 13.5. The molecule has 38 heavy (non-hydrogen) atoms. The van der Waals surface area contributed by atoms with E-state index in [2.05, 4.69) is 26.6 Å². The van der Waals surface area contributed by atoms with Gasteiger partial charge in [-0.05, 0) is 82.2 Å². The van der Waals surface area contributed by atoms with Crippen molar-refractivity contribution in [3.8, 4) is 17.6 Å². The molecule has 2 N–H and O–H groups in total. The maximum atomic E-state index is 12.9. The number of nitrogens with one attached hydrogen (secondary N) is 2. The SMILES string of the molecule is COc1cc(/C=C(\C#N)C(=O)Nc2cc(Cl)cc(Cl)c2)cc(Br)c1OS(=O)(=O)c1ccc(NC(C)=O)cc1. The highest BCUT2D eigenvalue weighted by atomic mass is 79.9. The van der Waals surface area contributed by atoms with Gasteiger partial charge < -0.3 is 19.6 Å². The molecule has 0 fully saturated rings. The van der Waals surface area contributed by atoms with Crippen LogP contribution in [0.2, 0.25) is 10.0 Å². The summed E-state index contributed by atoms with van der Waals surface area (Å²) < 4.78 is 36.5. The third-order valence-corrected chi connectivity index (χ3v) is 6.97. The number of nitrogens with zero attached hydrogens (tertiary/aromatic N) is 1. The van der Waals surface area contributed by atoms with E-state index >= 15 is 0 Å². The number of hydrogen-bond donors (Lipinski definition) is 2. The lowest BCUT2D eigenvalue weighted by molar-refractivity contribution is -0.114. The lowest BCUT2D eigenvalue weighted by atomic mass is 10.1. The van der Waals surface area contributed by atoms with Crippen molar-refractivity contribution in [3.63, 3.8) is 0 Å². The molecular weight excluding hydrogens is 621 g/mol. The second kappa shape index (κ2) is 12.3. The highest BCUT2D eigenvalue weighted by molar-refractivity contribution is 9.10. The molecule has 3 aromatic carbocycles. The van der Waals surface area contributed by atoms with Gasteiger partial charge in [-0.3, -0.25) is 9.59 Å². The Bertz CT molecular complexity index is 1570. The van der Waals surface area contributed by atoms with Crippen LogP contribution in [0.25, 0.3) is 6.08 Å². The minimum atomic E-state index is -4.29. The summed E-state index contributed by atoms with van der Waals surface area (Å²) in [6, 6.07) is 14.5. The Hall–Kier alpha value is -3.56. The van der Waals surface area contributed by atoms with Crippen molar-refractivity contribution in [2.24, 2.45) is 0 Å². The Kier molecular flexibility index (Phi) is 9.40. The number of nitriles is 1. The molecule has 2 amide bonds. The fourth-order valence-corrected chi connectivity index (χ4v) is 5.24.